The molecule has 4 rings (SSSR count). The largest absolute Gasteiger partial charge is 0.379 e. The lowest BCUT2D eigenvalue weighted by Crippen LogP contribution is -2.39. The van der Waals surface area contributed by atoms with Crippen molar-refractivity contribution >= 4 is 56.6 Å². The fourth-order valence-corrected chi connectivity index (χ4v) is 5.35. The maximum absolute atomic E-state index is 13.5. The Morgan fingerprint density at radius 3 is 2.55 bits per heavy atom. The molecule has 178 valence electrons. The number of hydrogen-bond acceptors (Lipinski definition) is 5. The van der Waals surface area contributed by atoms with Crippen LogP contribution in [0.5, 0.6) is 0 Å². The molecule has 0 atom stereocenters. The Labute approximate surface area is 211 Å². The second-order valence-corrected chi connectivity index (χ2v) is 9.87. The summed E-state index contributed by atoms with van der Waals surface area (Å²) < 4.78 is 6.39. The third-order valence-electron chi connectivity index (χ3n) is 6.10. The van der Waals surface area contributed by atoms with Crippen LogP contribution in [0.2, 0.25) is 5.02 Å². The van der Waals surface area contributed by atoms with E-state index in [2.05, 4.69) is 30.9 Å². The quantitative estimate of drug-likeness (QED) is 0.417. The van der Waals surface area contributed by atoms with Crippen LogP contribution in [0, 0.1) is 20.8 Å². The van der Waals surface area contributed by atoms with Crippen LogP contribution in [0.1, 0.15) is 28.7 Å². The highest BCUT2D eigenvalue weighted by Gasteiger charge is 2.22. The molecule has 5 nitrogen and oxygen atoms in total. The van der Waals surface area contributed by atoms with Crippen LogP contribution in [0.4, 0.5) is 5.13 Å². The van der Waals surface area contributed by atoms with Crippen molar-refractivity contribution in [2.45, 2.75) is 33.6 Å². The first-order valence-electron chi connectivity index (χ1n) is 11.1. The topological polar surface area (TPSA) is 45.7 Å². The predicted molar refractivity (Wildman–Crippen MR) is 140 cm³/mol. The third-order valence-corrected chi connectivity index (χ3v) is 7.64. The van der Waals surface area contributed by atoms with Gasteiger partial charge in [0.15, 0.2) is 5.13 Å². The van der Waals surface area contributed by atoms with Crippen LogP contribution in [0.25, 0.3) is 10.2 Å². The molecule has 0 spiro atoms. The standard InChI is InChI=1S/C25H30ClN3O2S.ClH/c1-17-5-7-20(15-19(17)3)16-22(30)29(10-4-9-28-11-13-31-14-12-28)25-27-23-18(2)6-8-21(26)24(23)32-25;/h5-8,15H,4,9-14,16H2,1-3H3;1H. The van der Waals surface area contributed by atoms with E-state index in [1.165, 1.54) is 22.5 Å². The summed E-state index contributed by atoms with van der Waals surface area (Å²) in [5.74, 6) is 0.0723. The zero-order valence-electron chi connectivity index (χ0n) is 19.4. The van der Waals surface area contributed by atoms with Crippen molar-refractivity contribution in [1.29, 1.82) is 0 Å². The number of benzene rings is 2. The summed E-state index contributed by atoms with van der Waals surface area (Å²) in [6.45, 7) is 11.3. The van der Waals surface area contributed by atoms with Gasteiger partial charge in [0.2, 0.25) is 5.91 Å². The number of carbonyl (C=O) groups excluding carboxylic acids is 1. The Balaban J connectivity index is 0.00000306. The molecule has 1 aliphatic rings. The number of morpholine rings is 1. The zero-order chi connectivity index (χ0) is 22.7. The highest BCUT2D eigenvalue weighted by molar-refractivity contribution is 7.23. The lowest BCUT2D eigenvalue weighted by atomic mass is 10.0. The molecule has 8 heteroatoms. The maximum Gasteiger partial charge on any atom is 0.233 e. The lowest BCUT2D eigenvalue weighted by Gasteiger charge is -2.27. The van der Waals surface area contributed by atoms with Crippen LogP contribution in [-0.2, 0) is 16.0 Å². The molecular formula is C25H31Cl2N3O2S. The first kappa shape index (κ1) is 25.9. The summed E-state index contributed by atoms with van der Waals surface area (Å²) >= 11 is 7.95. The molecule has 0 radical (unpaired) electrons. The summed E-state index contributed by atoms with van der Waals surface area (Å²) in [5.41, 5.74) is 5.43. The summed E-state index contributed by atoms with van der Waals surface area (Å²) in [4.78, 5) is 22.6. The van der Waals surface area contributed by atoms with Gasteiger partial charge in [0, 0.05) is 26.2 Å². The summed E-state index contributed by atoms with van der Waals surface area (Å²) in [7, 11) is 0. The van der Waals surface area contributed by atoms with Crippen LogP contribution >= 0.6 is 35.3 Å². The molecule has 1 fully saturated rings. The van der Waals surface area contributed by atoms with Crippen molar-refractivity contribution in [2.75, 3.05) is 44.3 Å². The molecule has 33 heavy (non-hydrogen) atoms. The number of aromatic nitrogens is 1. The van der Waals surface area contributed by atoms with Gasteiger partial charge in [-0.2, -0.15) is 0 Å². The van der Waals surface area contributed by atoms with Crippen molar-refractivity contribution in [2.24, 2.45) is 0 Å². The van der Waals surface area contributed by atoms with Crippen LogP contribution in [-0.4, -0.2) is 55.2 Å². The van der Waals surface area contributed by atoms with Gasteiger partial charge < -0.3 is 4.74 Å². The summed E-state index contributed by atoms with van der Waals surface area (Å²) in [6.07, 6.45) is 1.25. The molecule has 1 amide bonds. The van der Waals surface area contributed by atoms with Gasteiger partial charge in [-0.1, -0.05) is 47.2 Å². The van der Waals surface area contributed by atoms with E-state index in [-0.39, 0.29) is 18.3 Å². The van der Waals surface area contributed by atoms with E-state index >= 15 is 0 Å². The lowest BCUT2D eigenvalue weighted by molar-refractivity contribution is -0.118. The van der Waals surface area contributed by atoms with E-state index in [1.807, 2.05) is 30.0 Å². The van der Waals surface area contributed by atoms with E-state index in [4.69, 9.17) is 21.3 Å². The maximum atomic E-state index is 13.5. The van der Waals surface area contributed by atoms with Crippen molar-refractivity contribution in [1.82, 2.24) is 9.88 Å². The second kappa shape index (κ2) is 11.6. The first-order chi connectivity index (χ1) is 15.4. The molecule has 2 aromatic carbocycles. The van der Waals surface area contributed by atoms with Crippen molar-refractivity contribution < 1.29 is 9.53 Å². The van der Waals surface area contributed by atoms with Crippen molar-refractivity contribution in [3.63, 3.8) is 0 Å². The monoisotopic (exact) mass is 507 g/mol. The minimum atomic E-state index is 0. The minimum Gasteiger partial charge on any atom is -0.379 e. The number of fused-ring (bicyclic) bond motifs is 1. The highest BCUT2D eigenvalue weighted by Crippen LogP contribution is 2.36. The van der Waals surface area contributed by atoms with Gasteiger partial charge in [0.1, 0.15) is 0 Å². The first-order valence-corrected chi connectivity index (χ1v) is 12.3. The fraction of sp³-hybridized carbons (Fsp3) is 0.440. The van der Waals surface area contributed by atoms with Crippen molar-refractivity contribution in [3.05, 3.63) is 57.6 Å². The number of carbonyl (C=O) groups is 1. The Kier molecular flexibility index (Phi) is 9.13. The number of ether oxygens (including phenoxy) is 1. The SMILES string of the molecule is Cc1ccc(CC(=O)N(CCCN2CCOCC2)c2nc3c(C)ccc(Cl)c3s2)cc1C.Cl. The zero-order valence-corrected chi connectivity index (χ0v) is 21.8. The molecule has 0 bridgehead atoms. The molecule has 0 aliphatic carbocycles. The van der Waals surface area contributed by atoms with Gasteiger partial charge in [-0.15, -0.1) is 12.4 Å². The molecule has 0 unspecified atom stereocenters. The fourth-order valence-electron chi connectivity index (χ4n) is 3.99. The number of aryl methyl sites for hydroxylation is 3. The molecular weight excluding hydrogens is 477 g/mol. The molecule has 1 aromatic heterocycles. The smallest absolute Gasteiger partial charge is 0.233 e. The van der Waals surface area contributed by atoms with E-state index in [0.717, 1.165) is 65.7 Å². The predicted octanol–water partition coefficient (Wildman–Crippen LogP) is 5.59. The number of nitrogens with zero attached hydrogens (tertiary/aromatic N) is 3. The Hall–Kier alpha value is -1.70. The summed E-state index contributed by atoms with van der Waals surface area (Å²) in [5, 5.41) is 1.41. The van der Waals surface area contributed by atoms with Gasteiger partial charge in [-0.05, 0) is 55.5 Å². The number of rotatable bonds is 7. The van der Waals surface area contributed by atoms with E-state index < -0.39 is 0 Å². The van der Waals surface area contributed by atoms with E-state index in [1.54, 1.807) is 0 Å². The van der Waals surface area contributed by atoms with Crippen LogP contribution in [0.15, 0.2) is 30.3 Å². The Bertz CT molecular complexity index is 1070. The number of anilines is 1. The van der Waals surface area contributed by atoms with Crippen molar-refractivity contribution in [3.8, 4) is 0 Å². The number of hydrogen-bond donors (Lipinski definition) is 0. The average Bonchev–Trinajstić information content (AvgIpc) is 3.23. The molecule has 3 aromatic rings. The highest BCUT2D eigenvalue weighted by atomic mass is 35.5. The normalized spacial score (nSPS) is 14.3. The molecule has 1 aliphatic heterocycles. The van der Waals surface area contributed by atoms with E-state index in [9.17, 15) is 4.79 Å². The number of amides is 1. The number of halogens is 2. The van der Waals surface area contributed by atoms with Crippen LogP contribution < -0.4 is 4.90 Å². The third kappa shape index (κ3) is 6.25. The van der Waals surface area contributed by atoms with Gasteiger partial charge >= 0.3 is 0 Å². The Morgan fingerprint density at radius 2 is 1.85 bits per heavy atom. The van der Waals surface area contributed by atoms with Gasteiger partial charge in [-0.3, -0.25) is 14.6 Å². The van der Waals surface area contributed by atoms with Crippen LogP contribution in [0.3, 0.4) is 0 Å². The summed E-state index contributed by atoms with van der Waals surface area (Å²) in [6, 6.07) is 10.1. The molecule has 0 saturated carbocycles. The average molecular weight is 509 g/mol. The molecule has 0 N–H and O–H groups in total. The Morgan fingerprint density at radius 1 is 1.12 bits per heavy atom. The van der Waals surface area contributed by atoms with Gasteiger partial charge in [-0.25, -0.2) is 4.98 Å². The molecule has 2 heterocycles. The van der Waals surface area contributed by atoms with E-state index in [0.29, 0.717) is 18.0 Å². The number of thiazole rings is 1. The van der Waals surface area contributed by atoms with Gasteiger partial charge in [0.05, 0.1) is 34.9 Å². The minimum absolute atomic E-state index is 0. The van der Waals surface area contributed by atoms with Gasteiger partial charge in [0.25, 0.3) is 0 Å². The second-order valence-electron chi connectivity index (χ2n) is 8.49. The molecule has 1 saturated heterocycles.